The molecular weight excluding hydrogens is 234 g/mol. The van der Waals surface area contributed by atoms with Crippen molar-refractivity contribution < 1.29 is 4.74 Å². The van der Waals surface area contributed by atoms with Gasteiger partial charge in [-0.3, -0.25) is 0 Å². The van der Waals surface area contributed by atoms with E-state index in [2.05, 4.69) is 51.2 Å². The molecule has 0 radical (unpaired) electrons. The molecule has 19 heavy (non-hydrogen) atoms. The molecule has 0 aliphatic heterocycles. The lowest BCUT2D eigenvalue weighted by Gasteiger charge is -2.18. The first kappa shape index (κ1) is 14.4. The Kier molecular flexibility index (Phi) is 4.87. The molecule has 1 saturated carbocycles. The first-order valence-corrected chi connectivity index (χ1v) is 7.53. The van der Waals surface area contributed by atoms with Crippen molar-refractivity contribution in [1.29, 1.82) is 0 Å². The first-order valence-electron chi connectivity index (χ1n) is 7.53. The van der Waals surface area contributed by atoms with Crippen molar-refractivity contribution in [2.24, 2.45) is 5.92 Å². The van der Waals surface area contributed by atoms with Crippen LogP contribution < -0.4 is 10.1 Å². The molecule has 0 aromatic heterocycles. The van der Waals surface area contributed by atoms with Crippen LogP contribution in [0.25, 0.3) is 0 Å². The molecule has 2 heteroatoms. The summed E-state index contributed by atoms with van der Waals surface area (Å²) in [4.78, 5) is 0. The summed E-state index contributed by atoms with van der Waals surface area (Å²) in [6, 6.07) is 7.31. The summed E-state index contributed by atoms with van der Waals surface area (Å²) in [5.41, 5.74) is 2.58. The lowest BCUT2D eigenvalue weighted by atomic mass is 10.0. The molecule has 1 aliphatic rings. The van der Waals surface area contributed by atoms with Gasteiger partial charge in [0.25, 0.3) is 0 Å². The predicted octanol–water partition coefficient (Wildman–Crippen LogP) is 3.89. The van der Waals surface area contributed by atoms with Gasteiger partial charge in [-0.2, -0.15) is 0 Å². The van der Waals surface area contributed by atoms with Crippen molar-refractivity contribution in [1.82, 2.24) is 5.32 Å². The Morgan fingerprint density at radius 2 is 2.00 bits per heavy atom. The highest BCUT2D eigenvalue weighted by atomic mass is 16.5. The lowest BCUT2D eigenvalue weighted by molar-refractivity contribution is 0.252. The van der Waals surface area contributed by atoms with Crippen LogP contribution in [0.4, 0.5) is 0 Å². The van der Waals surface area contributed by atoms with E-state index in [1.54, 1.807) is 0 Å². The number of hydrogen-bond acceptors (Lipinski definition) is 2. The summed E-state index contributed by atoms with van der Waals surface area (Å²) in [6.07, 6.45) is 2.70. The van der Waals surface area contributed by atoms with Crippen molar-refractivity contribution in [3.05, 3.63) is 29.3 Å². The molecule has 0 bridgehead atoms. The smallest absolute Gasteiger partial charge is 0.123 e. The Bertz CT molecular complexity index is 410. The lowest BCUT2D eigenvalue weighted by Crippen LogP contribution is -2.26. The van der Waals surface area contributed by atoms with E-state index in [0.717, 1.165) is 24.9 Å². The molecule has 2 rings (SSSR count). The highest BCUT2D eigenvalue weighted by molar-refractivity contribution is 5.39. The molecule has 1 aromatic rings. The van der Waals surface area contributed by atoms with Crippen molar-refractivity contribution in [3.63, 3.8) is 0 Å². The maximum atomic E-state index is 6.05. The largest absolute Gasteiger partial charge is 0.493 e. The van der Waals surface area contributed by atoms with Gasteiger partial charge in [0, 0.05) is 18.5 Å². The molecule has 1 unspecified atom stereocenters. The van der Waals surface area contributed by atoms with E-state index in [1.165, 1.54) is 24.0 Å². The van der Waals surface area contributed by atoms with Gasteiger partial charge in [-0.25, -0.2) is 0 Å². The van der Waals surface area contributed by atoms with Crippen molar-refractivity contribution in [2.75, 3.05) is 13.2 Å². The van der Waals surface area contributed by atoms with E-state index in [1.807, 2.05) is 0 Å². The maximum Gasteiger partial charge on any atom is 0.123 e. The van der Waals surface area contributed by atoms with E-state index in [9.17, 15) is 0 Å². The molecular formula is C17H27NO. The van der Waals surface area contributed by atoms with Gasteiger partial charge in [-0.15, -0.1) is 0 Å². The van der Waals surface area contributed by atoms with Crippen LogP contribution in [0.5, 0.6) is 5.75 Å². The second-order valence-corrected chi connectivity index (χ2v) is 6.29. The van der Waals surface area contributed by atoms with Gasteiger partial charge in [-0.1, -0.05) is 32.9 Å². The third kappa shape index (κ3) is 4.54. The average molecular weight is 261 g/mol. The van der Waals surface area contributed by atoms with Crippen LogP contribution in [-0.2, 0) is 0 Å². The first-order chi connectivity index (χ1) is 9.06. The minimum absolute atomic E-state index is 0.510. The molecule has 0 amide bonds. The van der Waals surface area contributed by atoms with Gasteiger partial charge in [0.1, 0.15) is 5.75 Å². The van der Waals surface area contributed by atoms with Crippen molar-refractivity contribution in [3.8, 4) is 5.75 Å². The van der Waals surface area contributed by atoms with Gasteiger partial charge in [0.05, 0.1) is 6.61 Å². The molecule has 1 aromatic carbocycles. The Labute approximate surface area is 117 Å². The second-order valence-electron chi connectivity index (χ2n) is 6.29. The van der Waals surface area contributed by atoms with Gasteiger partial charge in [0.15, 0.2) is 0 Å². The number of benzene rings is 1. The Morgan fingerprint density at radius 1 is 1.26 bits per heavy atom. The van der Waals surface area contributed by atoms with Crippen molar-refractivity contribution >= 4 is 0 Å². The average Bonchev–Trinajstić information content (AvgIpc) is 3.17. The topological polar surface area (TPSA) is 21.3 Å². The van der Waals surface area contributed by atoms with E-state index in [0.29, 0.717) is 11.8 Å². The van der Waals surface area contributed by atoms with Crippen molar-refractivity contribution in [2.45, 2.75) is 52.5 Å². The van der Waals surface area contributed by atoms with Crippen LogP contribution in [-0.4, -0.2) is 19.2 Å². The normalized spacial score (nSPS) is 16.7. The van der Waals surface area contributed by atoms with Gasteiger partial charge >= 0.3 is 0 Å². The zero-order chi connectivity index (χ0) is 13.8. The van der Waals surface area contributed by atoms with Crippen LogP contribution >= 0.6 is 0 Å². The minimum atomic E-state index is 0.510. The van der Waals surface area contributed by atoms with E-state index >= 15 is 0 Å². The predicted molar refractivity (Wildman–Crippen MR) is 81.0 cm³/mol. The highest BCUT2D eigenvalue weighted by Crippen LogP contribution is 2.27. The third-order valence-electron chi connectivity index (χ3n) is 3.65. The number of aryl methyl sites for hydroxylation is 1. The SMILES string of the molecule is Cc1ccc(C(C)C)c(OCC(C)CNC2CC2)c1. The quantitative estimate of drug-likeness (QED) is 0.804. The summed E-state index contributed by atoms with van der Waals surface area (Å²) in [6.45, 7) is 10.7. The summed E-state index contributed by atoms with van der Waals surface area (Å²) in [7, 11) is 0. The number of rotatable bonds is 7. The Balaban J connectivity index is 1.87. The van der Waals surface area contributed by atoms with E-state index < -0.39 is 0 Å². The van der Waals surface area contributed by atoms with E-state index in [4.69, 9.17) is 4.74 Å². The zero-order valence-corrected chi connectivity index (χ0v) is 12.7. The monoisotopic (exact) mass is 261 g/mol. The molecule has 0 saturated heterocycles. The fourth-order valence-electron chi connectivity index (χ4n) is 2.19. The van der Waals surface area contributed by atoms with Crippen LogP contribution in [0.15, 0.2) is 18.2 Å². The van der Waals surface area contributed by atoms with Gasteiger partial charge in [0.2, 0.25) is 0 Å². The van der Waals surface area contributed by atoms with Gasteiger partial charge < -0.3 is 10.1 Å². The highest BCUT2D eigenvalue weighted by Gasteiger charge is 2.21. The molecule has 106 valence electrons. The second kappa shape index (κ2) is 6.42. The zero-order valence-electron chi connectivity index (χ0n) is 12.7. The molecule has 0 heterocycles. The summed E-state index contributed by atoms with van der Waals surface area (Å²) < 4.78 is 6.05. The summed E-state index contributed by atoms with van der Waals surface area (Å²) >= 11 is 0. The third-order valence-corrected chi connectivity index (χ3v) is 3.65. The molecule has 1 atom stereocenters. The molecule has 2 nitrogen and oxygen atoms in total. The molecule has 0 spiro atoms. The van der Waals surface area contributed by atoms with Gasteiger partial charge in [-0.05, 0) is 42.9 Å². The fraction of sp³-hybridized carbons (Fsp3) is 0.647. The fourth-order valence-corrected chi connectivity index (χ4v) is 2.19. The number of hydrogen-bond donors (Lipinski definition) is 1. The molecule has 1 aliphatic carbocycles. The van der Waals surface area contributed by atoms with Crippen LogP contribution in [0.2, 0.25) is 0 Å². The minimum Gasteiger partial charge on any atom is -0.493 e. The van der Waals surface area contributed by atoms with Crippen LogP contribution in [0.1, 0.15) is 50.7 Å². The maximum absolute atomic E-state index is 6.05. The van der Waals surface area contributed by atoms with E-state index in [-0.39, 0.29) is 0 Å². The summed E-state index contributed by atoms with van der Waals surface area (Å²) in [5, 5.41) is 3.56. The molecule has 1 fully saturated rings. The summed E-state index contributed by atoms with van der Waals surface area (Å²) in [5.74, 6) is 2.13. The Hall–Kier alpha value is -1.02. The molecule has 1 N–H and O–H groups in total. The Morgan fingerprint density at radius 3 is 2.63 bits per heavy atom. The van der Waals surface area contributed by atoms with Crippen LogP contribution in [0, 0.1) is 12.8 Å². The standard InChI is InChI=1S/C17H27NO/c1-12(2)16-8-5-13(3)9-17(16)19-11-14(4)10-18-15-6-7-15/h5,8-9,12,14-15,18H,6-7,10-11H2,1-4H3. The van der Waals surface area contributed by atoms with Crippen LogP contribution in [0.3, 0.4) is 0 Å². The number of ether oxygens (including phenoxy) is 1. The number of nitrogens with one attached hydrogen (secondary N) is 1.